The quantitative estimate of drug-likeness (QED) is 0.546. The first-order valence-electron chi connectivity index (χ1n) is 6.90. The summed E-state index contributed by atoms with van der Waals surface area (Å²) in [6.45, 7) is 0. The Morgan fingerprint density at radius 1 is 1.12 bits per heavy atom. The fraction of sp³-hybridized carbons (Fsp3) is 0. The van der Waals surface area contributed by atoms with Crippen LogP contribution in [0.3, 0.4) is 0 Å². The summed E-state index contributed by atoms with van der Waals surface area (Å²) < 4.78 is 32.6. The number of aromatic hydroxyl groups is 1. The number of hydrogen-bond acceptors (Lipinski definition) is 7. The molecule has 1 heterocycles. The Bertz CT molecular complexity index is 1130. The average Bonchev–Trinajstić information content (AvgIpc) is 2.61. The van der Waals surface area contributed by atoms with Gasteiger partial charge in [-0.2, -0.15) is 18.8 Å². The lowest BCUT2D eigenvalue weighted by molar-refractivity contribution is 0.479. The summed E-state index contributed by atoms with van der Waals surface area (Å²) in [5.74, 6) is -0.361. The van der Waals surface area contributed by atoms with Gasteiger partial charge in [0.25, 0.3) is 10.1 Å². The number of hydrogen-bond donors (Lipinski definition) is 2. The molecule has 8 nitrogen and oxygen atoms in total. The van der Waals surface area contributed by atoms with E-state index < -0.39 is 15.0 Å². The standard InChI is InChI=1S/C16H10N4O4S/c17-9-10-3-5-11(6-4-10)19-20-13-8-14(25(22,23)24)12-2-1-7-18-15(12)16(13)21/h1-8,21H,(H,22,23,24). The van der Waals surface area contributed by atoms with Crippen LogP contribution in [0.25, 0.3) is 10.9 Å². The van der Waals surface area contributed by atoms with E-state index in [4.69, 9.17) is 5.26 Å². The molecule has 3 rings (SSSR count). The van der Waals surface area contributed by atoms with Crippen molar-refractivity contribution in [2.45, 2.75) is 4.90 Å². The lowest BCUT2D eigenvalue weighted by atomic mass is 10.2. The SMILES string of the molecule is N#Cc1ccc(N=Nc2cc(S(=O)(=O)O)c3cccnc3c2O)cc1. The van der Waals surface area contributed by atoms with Crippen molar-refractivity contribution in [3.05, 3.63) is 54.2 Å². The summed E-state index contributed by atoms with van der Waals surface area (Å²) in [5, 5.41) is 26.8. The van der Waals surface area contributed by atoms with Gasteiger partial charge in [-0.25, -0.2) is 0 Å². The molecule has 0 saturated carbocycles. The van der Waals surface area contributed by atoms with Gasteiger partial charge in [0.15, 0.2) is 5.75 Å². The van der Waals surface area contributed by atoms with Gasteiger partial charge in [0.1, 0.15) is 16.1 Å². The van der Waals surface area contributed by atoms with Gasteiger partial charge in [-0.3, -0.25) is 9.54 Å². The Hall–Kier alpha value is -3.35. The molecule has 0 aliphatic rings. The number of nitriles is 1. The van der Waals surface area contributed by atoms with Gasteiger partial charge < -0.3 is 5.11 Å². The van der Waals surface area contributed by atoms with E-state index in [1.807, 2.05) is 6.07 Å². The first-order valence-corrected chi connectivity index (χ1v) is 8.34. The molecule has 3 aromatic rings. The molecule has 9 heteroatoms. The summed E-state index contributed by atoms with van der Waals surface area (Å²) in [5.41, 5.74) is 0.660. The van der Waals surface area contributed by atoms with Crippen molar-refractivity contribution in [1.29, 1.82) is 5.26 Å². The Morgan fingerprint density at radius 2 is 1.84 bits per heavy atom. The van der Waals surface area contributed by atoms with E-state index in [0.29, 0.717) is 11.3 Å². The maximum absolute atomic E-state index is 11.6. The molecule has 2 aromatic carbocycles. The number of aromatic nitrogens is 1. The first-order chi connectivity index (χ1) is 11.9. The highest BCUT2D eigenvalue weighted by molar-refractivity contribution is 7.86. The molecule has 0 atom stereocenters. The fourth-order valence-electron chi connectivity index (χ4n) is 2.19. The molecule has 0 aliphatic carbocycles. The molecule has 0 spiro atoms. The van der Waals surface area contributed by atoms with Gasteiger partial charge in [-0.15, -0.1) is 5.11 Å². The van der Waals surface area contributed by atoms with E-state index in [-0.39, 0.29) is 22.3 Å². The fourth-order valence-corrected chi connectivity index (χ4v) is 2.89. The van der Waals surface area contributed by atoms with Gasteiger partial charge >= 0.3 is 0 Å². The number of azo groups is 1. The monoisotopic (exact) mass is 354 g/mol. The molecule has 0 radical (unpaired) electrons. The number of fused-ring (bicyclic) bond motifs is 1. The van der Waals surface area contributed by atoms with Crippen molar-refractivity contribution >= 4 is 32.4 Å². The topological polar surface area (TPSA) is 136 Å². The van der Waals surface area contributed by atoms with E-state index in [1.54, 1.807) is 24.3 Å². The van der Waals surface area contributed by atoms with Crippen LogP contribution >= 0.6 is 0 Å². The highest BCUT2D eigenvalue weighted by atomic mass is 32.2. The zero-order valence-corrected chi connectivity index (χ0v) is 13.3. The van der Waals surface area contributed by atoms with E-state index in [2.05, 4.69) is 15.2 Å². The third-order valence-corrected chi connectivity index (χ3v) is 4.25. The van der Waals surface area contributed by atoms with E-state index in [1.165, 1.54) is 18.3 Å². The van der Waals surface area contributed by atoms with Crippen molar-refractivity contribution in [1.82, 2.24) is 4.98 Å². The molecule has 0 bridgehead atoms. The van der Waals surface area contributed by atoms with Gasteiger partial charge in [-0.1, -0.05) is 0 Å². The largest absolute Gasteiger partial charge is 0.504 e. The van der Waals surface area contributed by atoms with Crippen LogP contribution in [-0.4, -0.2) is 23.1 Å². The molecular formula is C16H10N4O4S. The number of nitrogens with zero attached hydrogens (tertiary/aromatic N) is 4. The van der Waals surface area contributed by atoms with Crippen LogP contribution in [0.2, 0.25) is 0 Å². The second kappa shape index (κ2) is 6.27. The van der Waals surface area contributed by atoms with Gasteiger partial charge in [0.2, 0.25) is 0 Å². The van der Waals surface area contributed by atoms with Gasteiger partial charge in [0.05, 0.1) is 17.3 Å². The molecule has 1 aromatic heterocycles. The Kier molecular flexibility index (Phi) is 4.14. The molecule has 0 fully saturated rings. The number of phenols is 1. The summed E-state index contributed by atoms with van der Waals surface area (Å²) in [4.78, 5) is 3.50. The summed E-state index contributed by atoms with van der Waals surface area (Å²) >= 11 is 0. The van der Waals surface area contributed by atoms with Crippen molar-refractivity contribution in [2.24, 2.45) is 10.2 Å². The molecule has 124 valence electrons. The second-order valence-corrected chi connectivity index (χ2v) is 6.37. The van der Waals surface area contributed by atoms with Crippen molar-refractivity contribution in [2.75, 3.05) is 0 Å². The third kappa shape index (κ3) is 3.30. The minimum Gasteiger partial charge on any atom is -0.504 e. The zero-order chi connectivity index (χ0) is 18.0. The lowest BCUT2D eigenvalue weighted by Gasteiger charge is -2.07. The van der Waals surface area contributed by atoms with Gasteiger partial charge in [-0.05, 0) is 42.5 Å². The number of pyridine rings is 1. The number of benzene rings is 2. The molecule has 25 heavy (non-hydrogen) atoms. The van der Waals surface area contributed by atoms with E-state index in [9.17, 15) is 18.1 Å². The first kappa shape index (κ1) is 16.5. The molecule has 0 amide bonds. The van der Waals surface area contributed by atoms with Crippen LogP contribution < -0.4 is 0 Å². The lowest BCUT2D eigenvalue weighted by Crippen LogP contribution is -1.99. The molecular weight excluding hydrogens is 344 g/mol. The number of phenolic OH excluding ortho intramolecular Hbond substituents is 1. The van der Waals surface area contributed by atoms with E-state index >= 15 is 0 Å². The summed E-state index contributed by atoms with van der Waals surface area (Å²) in [6, 6.07) is 12.0. The minimum absolute atomic E-state index is 0.0218. The third-order valence-electron chi connectivity index (χ3n) is 3.36. The zero-order valence-electron chi connectivity index (χ0n) is 12.5. The molecule has 0 saturated heterocycles. The second-order valence-electron chi connectivity index (χ2n) is 4.98. The number of rotatable bonds is 3. The smallest absolute Gasteiger partial charge is 0.295 e. The highest BCUT2D eigenvalue weighted by Crippen LogP contribution is 2.38. The van der Waals surface area contributed by atoms with Crippen LogP contribution in [0.4, 0.5) is 11.4 Å². The van der Waals surface area contributed by atoms with Crippen LogP contribution in [-0.2, 0) is 10.1 Å². The Balaban J connectivity index is 2.14. The van der Waals surface area contributed by atoms with Crippen LogP contribution in [0.1, 0.15) is 5.56 Å². The van der Waals surface area contributed by atoms with Gasteiger partial charge in [0, 0.05) is 11.6 Å². The predicted molar refractivity (Wildman–Crippen MR) is 88.6 cm³/mol. The molecule has 2 N–H and O–H groups in total. The van der Waals surface area contributed by atoms with E-state index in [0.717, 1.165) is 6.07 Å². The normalized spacial score (nSPS) is 11.7. The highest BCUT2D eigenvalue weighted by Gasteiger charge is 2.20. The Labute approximate surface area is 142 Å². The minimum atomic E-state index is -4.55. The summed E-state index contributed by atoms with van der Waals surface area (Å²) in [6.07, 6.45) is 1.37. The van der Waals surface area contributed by atoms with Crippen molar-refractivity contribution in [3.63, 3.8) is 0 Å². The van der Waals surface area contributed by atoms with Crippen LogP contribution in [0, 0.1) is 11.3 Å². The van der Waals surface area contributed by atoms with Crippen molar-refractivity contribution < 1.29 is 18.1 Å². The predicted octanol–water partition coefficient (Wildman–Crippen LogP) is 3.47. The molecule has 0 aliphatic heterocycles. The van der Waals surface area contributed by atoms with Crippen molar-refractivity contribution in [3.8, 4) is 11.8 Å². The Morgan fingerprint density at radius 3 is 2.48 bits per heavy atom. The van der Waals surface area contributed by atoms with Crippen LogP contribution in [0.5, 0.6) is 5.75 Å². The maximum Gasteiger partial charge on any atom is 0.295 e. The molecule has 0 unspecified atom stereocenters. The van der Waals surface area contributed by atoms with Crippen LogP contribution in [0.15, 0.2) is 63.8 Å². The maximum atomic E-state index is 11.6. The average molecular weight is 354 g/mol. The summed E-state index contributed by atoms with van der Waals surface area (Å²) in [7, 11) is -4.55.